The normalized spacial score (nSPS) is 14.1. The number of amides is 4. The summed E-state index contributed by atoms with van der Waals surface area (Å²) in [4.78, 5) is 48.8. The van der Waals surface area contributed by atoms with Crippen molar-refractivity contribution in [2.24, 2.45) is 0 Å². The van der Waals surface area contributed by atoms with E-state index in [4.69, 9.17) is 9.47 Å². The molecule has 1 aliphatic rings. The summed E-state index contributed by atoms with van der Waals surface area (Å²) in [7, 11) is 2.57. The zero-order chi connectivity index (χ0) is 24.8. The molecule has 0 radical (unpaired) electrons. The molecule has 34 heavy (non-hydrogen) atoms. The molecule has 0 aromatic heterocycles. The lowest BCUT2D eigenvalue weighted by molar-refractivity contribution is -0.143. The molecule has 3 rings (SSSR count). The van der Waals surface area contributed by atoms with Crippen molar-refractivity contribution in [2.45, 2.75) is 0 Å². The van der Waals surface area contributed by atoms with E-state index in [0.29, 0.717) is 20.6 Å². The Morgan fingerprint density at radius 1 is 1.18 bits per heavy atom. The van der Waals surface area contributed by atoms with Gasteiger partial charge < -0.3 is 24.8 Å². The van der Waals surface area contributed by atoms with Gasteiger partial charge in [0.25, 0.3) is 11.8 Å². The Labute approximate surface area is 207 Å². The van der Waals surface area contributed by atoms with E-state index in [1.54, 1.807) is 12.1 Å². The SMILES string of the molecule is COC(=O)CN1C(=O)N/C(=C/c2cc(I)c(OCC(=O)Nc3ccc(F)cc3)c(OC)c2)C1=O. The monoisotopic (exact) mass is 583 g/mol. The Bertz CT molecular complexity index is 1170. The number of hydrogen-bond donors (Lipinski definition) is 2. The molecule has 2 aromatic rings. The van der Waals surface area contributed by atoms with E-state index in [1.807, 2.05) is 22.6 Å². The summed E-state index contributed by atoms with van der Waals surface area (Å²) in [5.74, 6) is -1.70. The van der Waals surface area contributed by atoms with Crippen LogP contribution in [0.15, 0.2) is 42.1 Å². The van der Waals surface area contributed by atoms with E-state index in [0.717, 1.165) is 12.0 Å². The molecule has 12 heteroatoms. The highest BCUT2D eigenvalue weighted by Gasteiger charge is 2.35. The summed E-state index contributed by atoms with van der Waals surface area (Å²) < 4.78 is 29.0. The van der Waals surface area contributed by atoms with Crippen LogP contribution < -0.4 is 20.1 Å². The average Bonchev–Trinajstić information content (AvgIpc) is 3.06. The molecular formula is C22H19FIN3O7. The molecule has 0 aliphatic carbocycles. The molecule has 0 atom stereocenters. The number of esters is 1. The van der Waals surface area contributed by atoms with Crippen LogP contribution in [0.25, 0.3) is 6.08 Å². The number of nitrogens with zero attached hydrogens (tertiary/aromatic N) is 1. The van der Waals surface area contributed by atoms with Gasteiger partial charge in [0.05, 0.1) is 17.8 Å². The van der Waals surface area contributed by atoms with Gasteiger partial charge in [-0.2, -0.15) is 0 Å². The number of imide groups is 1. The predicted molar refractivity (Wildman–Crippen MR) is 126 cm³/mol. The fraction of sp³-hybridized carbons (Fsp3) is 0.182. The van der Waals surface area contributed by atoms with Gasteiger partial charge >= 0.3 is 12.0 Å². The fourth-order valence-corrected chi connectivity index (χ4v) is 3.69. The molecule has 2 aromatic carbocycles. The minimum atomic E-state index is -0.740. The van der Waals surface area contributed by atoms with Crippen LogP contribution in [-0.2, 0) is 19.1 Å². The van der Waals surface area contributed by atoms with E-state index in [-0.39, 0.29) is 18.1 Å². The molecule has 1 fully saturated rings. The van der Waals surface area contributed by atoms with Crippen LogP contribution in [-0.4, -0.2) is 56.1 Å². The zero-order valence-corrected chi connectivity index (χ0v) is 20.2. The molecule has 178 valence electrons. The number of hydrogen-bond acceptors (Lipinski definition) is 7. The highest BCUT2D eigenvalue weighted by molar-refractivity contribution is 14.1. The fourth-order valence-electron chi connectivity index (χ4n) is 2.91. The molecule has 0 spiro atoms. The van der Waals surface area contributed by atoms with Gasteiger partial charge in [0.15, 0.2) is 18.1 Å². The van der Waals surface area contributed by atoms with Crippen LogP contribution in [0.5, 0.6) is 11.5 Å². The summed E-state index contributed by atoms with van der Waals surface area (Å²) in [5.41, 5.74) is 0.898. The largest absolute Gasteiger partial charge is 0.493 e. The van der Waals surface area contributed by atoms with Gasteiger partial charge in [-0.3, -0.25) is 14.4 Å². The number of rotatable bonds is 8. The minimum Gasteiger partial charge on any atom is -0.493 e. The third-order valence-electron chi connectivity index (χ3n) is 4.52. The van der Waals surface area contributed by atoms with Gasteiger partial charge in [0.2, 0.25) is 0 Å². The number of ether oxygens (including phenoxy) is 3. The van der Waals surface area contributed by atoms with Gasteiger partial charge in [0.1, 0.15) is 18.1 Å². The summed E-state index contributed by atoms with van der Waals surface area (Å²) in [6.07, 6.45) is 1.42. The summed E-state index contributed by atoms with van der Waals surface area (Å²) in [6, 6.07) is 7.78. The van der Waals surface area contributed by atoms with E-state index in [1.165, 1.54) is 37.5 Å². The van der Waals surface area contributed by atoms with E-state index in [9.17, 15) is 23.6 Å². The first kappa shape index (κ1) is 25.0. The molecule has 1 heterocycles. The zero-order valence-electron chi connectivity index (χ0n) is 18.0. The lowest BCUT2D eigenvalue weighted by Crippen LogP contribution is -2.36. The third kappa shape index (κ3) is 6.01. The third-order valence-corrected chi connectivity index (χ3v) is 5.32. The maximum absolute atomic E-state index is 13.0. The van der Waals surface area contributed by atoms with Crippen LogP contribution in [0.4, 0.5) is 14.9 Å². The second-order valence-electron chi connectivity index (χ2n) is 6.83. The van der Waals surface area contributed by atoms with Crippen molar-refractivity contribution in [1.82, 2.24) is 10.2 Å². The number of benzene rings is 2. The van der Waals surface area contributed by atoms with Crippen LogP contribution in [0.1, 0.15) is 5.56 Å². The molecule has 4 amide bonds. The van der Waals surface area contributed by atoms with Gasteiger partial charge in [-0.05, 0) is 70.6 Å². The molecular weight excluding hydrogens is 564 g/mol. The van der Waals surface area contributed by atoms with Crippen molar-refractivity contribution in [3.05, 3.63) is 57.0 Å². The topological polar surface area (TPSA) is 123 Å². The Balaban J connectivity index is 1.72. The van der Waals surface area contributed by atoms with Crippen LogP contribution in [0.3, 0.4) is 0 Å². The molecule has 10 nitrogen and oxygen atoms in total. The predicted octanol–water partition coefficient (Wildman–Crippen LogP) is 2.52. The van der Waals surface area contributed by atoms with Gasteiger partial charge in [0, 0.05) is 5.69 Å². The first-order valence-corrected chi connectivity index (χ1v) is 10.8. The van der Waals surface area contributed by atoms with Crippen molar-refractivity contribution in [1.29, 1.82) is 0 Å². The number of methoxy groups -OCH3 is 2. The smallest absolute Gasteiger partial charge is 0.329 e. The maximum Gasteiger partial charge on any atom is 0.329 e. The molecule has 0 unspecified atom stereocenters. The molecule has 1 saturated heterocycles. The quantitative estimate of drug-likeness (QED) is 0.212. The second kappa shape index (κ2) is 11.0. The second-order valence-corrected chi connectivity index (χ2v) is 8.00. The lowest BCUT2D eigenvalue weighted by Gasteiger charge is -2.14. The highest BCUT2D eigenvalue weighted by Crippen LogP contribution is 2.35. The lowest BCUT2D eigenvalue weighted by atomic mass is 10.1. The Morgan fingerprint density at radius 3 is 2.53 bits per heavy atom. The summed E-state index contributed by atoms with van der Waals surface area (Å²) >= 11 is 1.98. The maximum atomic E-state index is 13.0. The molecule has 0 saturated carbocycles. The van der Waals surface area contributed by atoms with Gasteiger partial charge in [-0.25, -0.2) is 14.1 Å². The Morgan fingerprint density at radius 2 is 1.88 bits per heavy atom. The number of halogens is 2. The van der Waals surface area contributed by atoms with Crippen molar-refractivity contribution < 1.29 is 37.8 Å². The standard InChI is InChI=1S/C22H19FIN3O7/c1-32-17-9-12(8-16-21(30)27(22(31)26-16)10-19(29)33-2)7-15(24)20(17)34-11-18(28)25-14-5-3-13(23)4-6-14/h3-9H,10-11H2,1-2H3,(H,25,28)(H,26,31)/b16-8+. The van der Waals surface area contributed by atoms with E-state index >= 15 is 0 Å². The molecule has 2 N–H and O–H groups in total. The molecule has 0 bridgehead atoms. The number of carbonyl (C=O) groups excluding carboxylic acids is 4. The first-order chi connectivity index (χ1) is 16.2. The number of carbonyl (C=O) groups is 4. The van der Waals surface area contributed by atoms with E-state index < -0.39 is 36.2 Å². The van der Waals surface area contributed by atoms with Crippen molar-refractivity contribution >= 4 is 58.2 Å². The van der Waals surface area contributed by atoms with Gasteiger partial charge in [-0.1, -0.05) is 0 Å². The van der Waals surface area contributed by atoms with Crippen molar-refractivity contribution in [3.8, 4) is 11.5 Å². The van der Waals surface area contributed by atoms with E-state index in [2.05, 4.69) is 15.4 Å². The van der Waals surface area contributed by atoms with Crippen molar-refractivity contribution in [2.75, 3.05) is 32.7 Å². The summed E-state index contributed by atoms with van der Waals surface area (Å²) in [5, 5.41) is 5.00. The minimum absolute atomic E-state index is 0.0286. The molecule has 1 aliphatic heterocycles. The number of urea groups is 1. The first-order valence-electron chi connectivity index (χ1n) is 9.69. The van der Waals surface area contributed by atoms with Crippen molar-refractivity contribution in [3.63, 3.8) is 0 Å². The Hall–Kier alpha value is -3.68. The van der Waals surface area contributed by atoms with Crippen LogP contribution >= 0.6 is 22.6 Å². The highest BCUT2D eigenvalue weighted by atomic mass is 127. The summed E-state index contributed by atoms with van der Waals surface area (Å²) in [6.45, 7) is -0.840. The van der Waals surface area contributed by atoms with Gasteiger partial charge in [-0.15, -0.1) is 0 Å². The number of nitrogens with one attached hydrogen (secondary N) is 2. The number of anilines is 1. The van der Waals surface area contributed by atoms with Crippen LogP contribution in [0, 0.1) is 9.39 Å². The Kier molecular flexibility index (Phi) is 8.04. The van der Waals surface area contributed by atoms with Crippen LogP contribution in [0.2, 0.25) is 0 Å². The average molecular weight is 583 g/mol.